The summed E-state index contributed by atoms with van der Waals surface area (Å²) in [5.74, 6) is -0.106. The van der Waals surface area contributed by atoms with Gasteiger partial charge in [0.1, 0.15) is 4.87 Å². The van der Waals surface area contributed by atoms with Crippen LogP contribution in [-0.2, 0) is 4.79 Å². The minimum atomic E-state index is -0.786. The molecule has 0 bridgehead atoms. The lowest BCUT2D eigenvalue weighted by atomic mass is 10.0. The number of carbonyl (C=O) groups excluding carboxylic acids is 1. The molecule has 0 fully saturated rings. The van der Waals surface area contributed by atoms with Crippen LogP contribution in [0.15, 0.2) is 12.7 Å². The molecule has 0 aromatic carbocycles. The molecule has 0 aliphatic heterocycles. The highest BCUT2D eigenvalue weighted by molar-refractivity contribution is 6.36. The predicted octanol–water partition coefficient (Wildman–Crippen LogP) is 1.69. The third-order valence-corrected chi connectivity index (χ3v) is 2.10. The fourth-order valence-corrected chi connectivity index (χ4v) is 0.931. The number of nitrogens with zero attached hydrogens (tertiary/aromatic N) is 1. The summed E-state index contributed by atoms with van der Waals surface area (Å²) in [6.07, 6.45) is 1.93. The monoisotopic (exact) mass is 189 g/mol. The first-order valence-corrected chi connectivity index (χ1v) is 4.28. The minimum absolute atomic E-state index is 0.106. The van der Waals surface area contributed by atoms with Gasteiger partial charge in [0.25, 0.3) is 0 Å². The van der Waals surface area contributed by atoms with Crippen molar-refractivity contribution in [1.82, 2.24) is 4.90 Å². The summed E-state index contributed by atoms with van der Waals surface area (Å²) in [4.78, 5) is 12.4. The number of alkyl halides is 1. The van der Waals surface area contributed by atoms with Gasteiger partial charge in [0, 0.05) is 0 Å². The molecular formula is C9H16ClNO. The van der Waals surface area contributed by atoms with Crippen LogP contribution in [0.2, 0.25) is 0 Å². The molecule has 0 aliphatic carbocycles. The van der Waals surface area contributed by atoms with Crippen LogP contribution in [0.25, 0.3) is 0 Å². The van der Waals surface area contributed by atoms with Crippen LogP contribution in [0.5, 0.6) is 0 Å². The van der Waals surface area contributed by atoms with Crippen molar-refractivity contribution >= 4 is 17.4 Å². The number of allylic oxidation sites excluding steroid dienone is 1. The summed E-state index contributed by atoms with van der Waals surface area (Å²) in [5.41, 5.74) is 0. The van der Waals surface area contributed by atoms with E-state index in [4.69, 9.17) is 11.6 Å². The number of hydrogen-bond acceptors (Lipinski definition) is 2. The zero-order valence-electron chi connectivity index (χ0n) is 7.93. The van der Waals surface area contributed by atoms with Crippen LogP contribution in [0.4, 0.5) is 0 Å². The molecule has 0 radical (unpaired) electrons. The summed E-state index contributed by atoms with van der Waals surface area (Å²) in [5, 5.41) is 0. The fraction of sp³-hybridized carbons (Fsp3) is 0.667. The Morgan fingerprint density at radius 3 is 2.50 bits per heavy atom. The average molecular weight is 190 g/mol. The van der Waals surface area contributed by atoms with Gasteiger partial charge in [-0.05, 0) is 40.1 Å². The zero-order valence-corrected chi connectivity index (χ0v) is 8.69. The van der Waals surface area contributed by atoms with Gasteiger partial charge < -0.3 is 4.90 Å². The topological polar surface area (TPSA) is 20.3 Å². The number of carbonyl (C=O) groups is 1. The summed E-state index contributed by atoms with van der Waals surface area (Å²) >= 11 is 5.98. The van der Waals surface area contributed by atoms with Crippen molar-refractivity contribution in [3.05, 3.63) is 12.7 Å². The highest BCUT2D eigenvalue weighted by Gasteiger charge is 2.27. The predicted molar refractivity (Wildman–Crippen MR) is 52.6 cm³/mol. The molecule has 0 amide bonds. The lowest BCUT2D eigenvalue weighted by molar-refractivity contribution is -0.116. The molecule has 12 heavy (non-hydrogen) atoms. The van der Waals surface area contributed by atoms with Gasteiger partial charge in [-0.2, -0.15) is 0 Å². The molecule has 0 N–H and O–H groups in total. The number of halogens is 1. The van der Waals surface area contributed by atoms with Gasteiger partial charge in [0.15, 0.2) is 5.78 Å². The van der Waals surface area contributed by atoms with E-state index < -0.39 is 4.87 Å². The van der Waals surface area contributed by atoms with Gasteiger partial charge in [-0.1, -0.05) is 6.58 Å². The van der Waals surface area contributed by atoms with Crippen molar-refractivity contribution in [2.75, 3.05) is 20.6 Å². The number of hydrogen-bond donors (Lipinski definition) is 0. The normalized spacial score (nSPS) is 15.8. The van der Waals surface area contributed by atoms with E-state index in [0.29, 0.717) is 6.42 Å². The fourth-order valence-electron chi connectivity index (χ4n) is 0.770. The second-order valence-corrected chi connectivity index (χ2v) is 4.15. The van der Waals surface area contributed by atoms with Crippen molar-refractivity contribution in [3.63, 3.8) is 0 Å². The highest BCUT2D eigenvalue weighted by atomic mass is 35.5. The standard InChI is InChI=1S/C9H16ClNO/c1-5-8(12)9(2,10)6-7-11(3)4/h5H,1,6-7H2,2-4H3. The van der Waals surface area contributed by atoms with Gasteiger partial charge in [-0.3, -0.25) is 4.79 Å². The van der Waals surface area contributed by atoms with E-state index in [2.05, 4.69) is 6.58 Å². The molecule has 0 aliphatic rings. The first-order chi connectivity index (χ1) is 5.40. The Bertz CT molecular complexity index is 175. The van der Waals surface area contributed by atoms with Crippen molar-refractivity contribution in [2.24, 2.45) is 0 Å². The zero-order chi connectivity index (χ0) is 9.78. The molecule has 0 rings (SSSR count). The first-order valence-electron chi connectivity index (χ1n) is 3.90. The summed E-state index contributed by atoms with van der Waals surface area (Å²) in [7, 11) is 3.90. The number of rotatable bonds is 5. The van der Waals surface area contributed by atoms with Gasteiger partial charge >= 0.3 is 0 Å². The molecule has 0 saturated carbocycles. The third kappa shape index (κ3) is 3.88. The van der Waals surface area contributed by atoms with Crippen LogP contribution in [0, 0.1) is 0 Å². The third-order valence-electron chi connectivity index (χ3n) is 1.73. The van der Waals surface area contributed by atoms with Crippen molar-refractivity contribution in [1.29, 1.82) is 0 Å². The van der Waals surface area contributed by atoms with E-state index in [-0.39, 0.29) is 5.78 Å². The van der Waals surface area contributed by atoms with E-state index in [9.17, 15) is 4.79 Å². The van der Waals surface area contributed by atoms with Gasteiger partial charge in [0.05, 0.1) is 0 Å². The Morgan fingerprint density at radius 1 is 1.67 bits per heavy atom. The molecule has 3 heteroatoms. The summed E-state index contributed by atoms with van der Waals surface area (Å²) in [6, 6.07) is 0. The summed E-state index contributed by atoms with van der Waals surface area (Å²) in [6.45, 7) is 5.94. The molecule has 70 valence electrons. The molecule has 2 nitrogen and oxygen atoms in total. The Labute approximate surface area is 79.2 Å². The van der Waals surface area contributed by atoms with Gasteiger partial charge in [-0.15, -0.1) is 11.6 Å². The Kier molecular flexibility index (Phi) is 4.50. The van der Waals surface area contributed by atoms with E-state index in [1.54, 1.807) is 6.92 Å². The molecule has 1 atom stereocenters. The first kappa shape index (κ1) is 11.7. The smallest absolute Gasteiger partial charge is 0.175 e. The van der Waals surface area contributed by atoms with E-state index in [0.717, 1.165) is 6.54 Å². The minimum Gasteiger partial charge on any atom is -0.309 e. The summed E-state index contributed by atoms with van der Waals surface area (Å²) < 4.78 is 0. The van der Waals surface area contributed by atoms with Gasteiger partial charge in [-0.25, -0.2) is 0 Å². The lowest BCUT2D eigenvalue weighted by Gasteiger charge is -2.20. The highest BCUT2D eigenvalue weighted by Crippen LogP contribution is 2.20. The maximum absolute atomic E-state index is 11.2. The molecule has 0 aromatic rings. The lowest BCUT2D eigenvalue weighted by Crippen LogP contribution is -2.31. The second-order valence-electron chi connectivity index (χ2n) is 3.32. The number of ketones is 1. The van der Waals surface area contributed by atoms with E-state index in [1.165, 1.54) is 6.08 Å². The Hall–Kier alpha value is -0.340. The van der Waals surface area contributed by atoms with E-state index in [1.807, 2.05) is 19.0 Å². The SMILES string of the molecule is C=CC(=O)C(C)(Cl)CCN(C)C. The second kappa shape index (κ2) is 4.63. The molecule has 0 saturated heterocycles. The van der Waals surface area contributed by atoms with Crippen molar-refractivity contribution < 1.29 is 4.79 Å². The van der Waals surface area contributed by atoms with Gasteiger partial charge in [0.2, 0.25) is 0 Å². The molecule has 0 aromatic heterocycles. The van der Waals surface area contributed by atoms with Crippen LogP contribution < -0.4 is 0 Å². The van der Waals surface area contributed by atoms with Crippen LogP contribution in [0.3, 0.4) is 0 Å². The maximum atomic E-state index is 11.2. The maximum Gasteiger partial charge on any atom is 0.175 e. The largest absolute Gasteiger partial charge is 0.309 e. The molecule has 0 heterocycles. The molecular weight excluding hydrogens is 174 g/mol. The van der Waals surface area contributed by atoms with Crippen molar-refractivity contribution in [3.8, 4) is 0 Å². The van der Waals surface area contributed by atoms with Crippen LogP contribution in [-0.4, -0.2) is 36.2 Å². The quantitative estimate of drug-likeness (QED) is 0.485. The average Bonchev–Trinajstić information content (AvgIpc) is 1.99. The van der Waals surface area contributed by atoms with Crippen LogP contribution in [0.1, 0.15) is 13.3 Å². The Morgan fingerprint density at radius 2 is 2.17 bits per heavy atom. The molecule has 0 spiro atoms. The van der Waals surface area contributed by atoms with E-state index >= 15 is 0 Å². The van der Waals surface area contributed by atoms with Crippen LogP contribution >= 0.6 is 11.6 Å². The Balaban J connectivity index is 4.03. The van der Waals surface area contributed by atoms with Crippen molar-refractivity contribution in [2.45, 2.75) is 18.2 Å². The molecule has 1 unspecified atom stereocenters.